The van der Waals surface area contributed by atoms with E-state index in [1.54, 1.807) is 17.2 Å². The highest BCUT2D eigenvalue weighted by molar-refractivity contribution is 5.47. The maximum Gasteiger partial charge on any atom is 0.0858 e. The largest absolute Gasteiger partial charge is 0.385 e. The fourth-order valence-corrected chi connectivity index (χ4v) is 1.67. The molecule has 0 aliphatic carbocycles. The van der Waals surface area contributed by atoms with Crippen LogP contribution in [0.15, 0.2) is 36.7 Å². The average molecular weight is 230 g/mol. The quantitative estimate of drug-likeness (QED) is 0.776. The predicted molar refractivity (Wildman–Crippen MR) is 69.4 cm³/mol. The molecule has 0 aliphatic heterocycles. The molecule has 0 saturated heterocycles. The van der Waals surface area contributed by atoms with Crippen LogP contribution in [0, 0.1) is 0 Å². The van der Waals surface area contributed by atoms with Crippen LogP contribution in [0.4, 0.5) is 5.69 Å². The summed E-state index contributed by atoms with van der Waals surface area (Å²) in [5.74, 6) is 0. The summed E-state index contributed by atoms with van der Waals surface area (Å²) in [4.78, 5) is 1.61. The Morgan fingerprint density at radius 2 is 1.76 bits per heavy atom. The molecule has 0 fully saturated rings. The number of rotatable bonds is 6. The molecule has 17 heavy (non-hydrogen) atoms. The predicted octanol–water partition coefficient (Wildman–Crippen LogP) is 2.87. The lowest BCUT2D eigenvalue weighted by Gasteiger charge is -2.06. The van der Waals surface area contributed by atoms with Crippen LogP contribution in [0.3, 0.4) is 0 Å². The fraction of sp³-hybridized carbons (Fsp3) is 0.385. The molecule has 90 valence electrons. The molecule has 1 heterocycles. The summed E-state index contributed by atoms with van der Waals surface area (Å²) in [7, 11) is 0. The van der Waals surface area contributed by atoms with Gasteiger partial charge in [0.15, 0.2) is 0 Å². The lowest BCUT2D eigenvalue weighted by molar-refractivity contribution is 0.743. The summed E-state index contributed by atoms with van der Waals surface area (Å²) >= 11 is 0. The summed E-state index contributed by atoms with van der Waals surface area (Å²) in [6, 6.07) is 8.15. The summed E-state index contributed by atoms with van der Waals surface area (Å²) in [5.41, 5.74) is 2.13. The smallest absolute Gasteiger partial charge is 0.0858 e. The normalized spacial score (nSPS) is 10.4. The molecule has 1 aromatic carbocycles. The molecule has 0 atom stereocenters. The second-order valence-corrected chi connectivity index (χ2v) is 4.00. The van der Waals surface area contributed by atoms with Crippen LogP contribution >= 0.6 is 0 Å². The standard InChI is InChI=1S/C13H18N4/c1-2-3-4-9-14-12-5-7-13(8-6-12)17-15-10-11-16-17/h5-8,10-11,14H,2-4,9H2,1H3. The maximum atomic E-state index is 4.09. The maximum absolute atomic E-state index is 4.09. The zero-order valence-corrected chi connectivity index (χ0v) is 10.1. The minimum atomic E-state index is 0.981. The summed E-state index contributed by atoms with van der Waals surface area (Å²) in [5, 5.41) is 11.6. The molecule has 0 bridgehead atoms. The molecule has 4 nitrogen and oxygen atoms in total. The van der Waals surface area contributed by atoms with Crippen molar-refractivity contribution in [2.45, 2.75) is 26.2 Å². The molecular weight excluding hydrogens is 212 g/mol. The van der Waals surface area contributed by atoms with Crippen LogP contribution in [0.5, 0.6) is 0 Å². The van der Waals surface area contributed by atoms with Crippen molar-refractivity contribution >= 4 is 5.69 Å². The van der Waals surface area contributed by atoms with Crippen molar-refractivity contribution in [1.29, 1.82) is 0 Å². The number of benzene rings is 1. The number of hydrogen-bond acceptors (Lipinski definition) is 3. The lowest BCUT2D eigenvalue weighted by Crippen LogP contribution is -2.02. The third kappa shape index (κ3) is 3.31. The third-order valence-electron chi connectivity index (χ3n) is 2.63. The van der Waals surface area contributed by atoms with E-state index < -0.39 is 0 Å². The van der Waals surface area contributed by atoms with E-state index in [9.17, 15) is 0 Å². The Morgan fingerprint density at radius 3 is 2.41 bits per heavy atom. The Labute approximate surface area is 102 Å². The minimum Gasteiger partial charge on any atom is -0.385 e. The van der Waals surface area contributed by atoms with E-state index in [0.717, 1.165) is 17.9 Å². The zero-order chi connectivity index (χ0) is 11.9. The van der Waals surface area contributed by atoms with Crippen molar-refractivity contribution < 1.29 is 0 Å². The summed E-state index contributed by atoms with van der Waals surface area (Å²) in [6.45, 7) is 3.25. The lowest BCUT2D eigenvalue weighted by atomic mass is 10.2. The highest BCUT2D eigenvalue weighted by Gasteiger charge is 1.97. The second kappa shape index (κ2) is 6.03. The van der Waals surface area contributed by atoms with Crippen LogP contribution in [0.25, 0.3) is 5.69 Å². The Balaban J connectivity index is 1.90. The average Bonchev–Trinajstić information content (AvgIpc) is 2.89. The summed E-state index contributed by atoms with van der Waals surface area (Å²) in [6.07, 6.45) is 7.11. The highest BCUT2D eigenvalue weighted by atomic mass is 15.5. The van der Waals surface area contributed by atoms with E-state index in [1.165, 1.54) is 19.3 Å². The van der Waals surface area contributed by atoms with Gasteiger partial charge in [-0.1, -0.05) is 19.8 Å². The van der Waals surface area contributed by atoms with Gasteiger partial charge in [-0.3, -0.25) is 0 Å². The third-order valence-corrected chi connectivity index (χ3v) is 2.63. The van der Waals surface area contributed by atoms with Gasteiger partial charge in [-0.2, -0.15) is 15.0 Å². The molecule has 1 N–H and O–H groups in total. The van der Waals surface area contributed by atoms with E-state index in [2.05, 4.69) is 34.6 Å². The van der Waals surface area contributed by atoms with Gasteiger partial charge in [0, 0.05) is 12.2 Å². The molecule has 0 amide bonds. The Bertz CT molecular complexity index is 419. The minimum absolute atomic E-state index is 0.981. The topological polar surface area (TPSA) is 42.7 Å². The molecule has 0 spiro atoms. The Kier molecular flexibility index (Phi) is 4.13. The first-order valence-electron chi connectivity index (χ1n) is 6.11. The van der Waals surface area contributed by atoms with E-state index in [1.807, 2.05) is 12.1 Å². The molecule has 0 aliphatic rings. The van der Waals surface area contributed by atoms with Crippen molar-refractivity contribution in [1.82, 2.24) is 15.0 Å². The number of unbranched alkanes of at least 4 members (excludes halogenated alkanes) is 2. The molecule has 1 aromatic heterocycles. The van der Waals surface area contributed by atoms with Gasteiger partial charge >= 0.3 is 0 Å². The van der Waals surface area contributed by atoms with Crippen molar-refractivity contribution in [2.75, 3.05) is 11.9 Å². The van der Waals surface area contributed by atoms with Crippen molar-refractivity contribution in [2.24, 2.45) is 0 Å². The van der Waals surface area contributed by atoms with Gasteiger partial charge in [0.05, 0.1) is 18.1 Å². The molecule has 0 radical (unpaired) electrons. The van der Waals surface area contributed by atoms with Gasteiger partial charge < -0.3 is 5.32 Å². The fourth-order valence-electron chi connectivity index (χ4n) is 1.67. The zero-order valence-electron chi connectivity index (χ0n) is 10.1. The second-order valence-electron chi connectivity index (χ2n) is 4.00. The number of aromatic nitrogens is 3. The van der Waals surface area contributed by atoms with Gasteiger partial charge in [-0.05, 0) is 30.7 Å². The number of nitrogens with one attached hydrogen (secondary N) is 1. The van der Waals surface area contributed by atoms with Crippen molar-refractivity contribution in [3.63, 3.8) is 0 Å². The number of hydrogen-bond donors (Lipinski definition) is 1. The van der Waals surface area contributed by atoms with E-state index >= 15 is 0 Å². The van der Waals surface area contributed by atoms with E-state index in [4.69, 9.17) is 0 Å². The number of nitrogens with zero attached hydrogens (tertiary/aromatic N) is 3. The highest BCUT2D eigenvalue weighted by Crippen LogP contribution is 2.11. The molecule has 4 heteroatoms. The summed E-state index contributed by atoms with van der Waals surface area (Å²) < 4.78 is 0. The molecule has 0 unspecified atom stereocenters. The van der Waals surface area contributed by atoms with E-state index in [0.29, 0.717) is 0 Å². The molecule has 0 saturated carbocycles. The Hall–Kier alpha value is -1.84. The van der Waals surface area contributed by atoms with Crippen molar-refractivity contribution in [3.8, 4) is 5.69 Å². The first kappa shape index (κ1) is 11.6. The Morgan fingerprint density at radius 1 is 1.06 bits per heavy atom. The van der Waals surface area contributed by atoms with Crippen LogP contribution in [-0.4, -0.2) is 21.5 Å². The van der Waals surface area contributed by atoms with Gasteiger partial charge in [0.1, 0.15) is 0 Å². The molecule has 2 rings (SSSR count). The first-order valence-corrected chi connectivity index (χ1v) is 6.11. The van der Waals surface area contributed by atoms with Crippen molar-refractivity contribution in [3.05, 3.63) is 36.7 Å². The van der Waals surface area contributed by atoms with Crippen LogP contribution in [0.2, 0.25) is 0 Å². The van der Waals surface area contributed by atoms with Crippen LogP contribution < -0.4 is 5.32 Å². The van der Waals surface area contributed by atoms with Gasteiger partial charge in [-0.15, -0.1) is 0 Å². The van der Waals surface area contributed by atoms with Gasteiger partial charge in [0.25, 0.3) is 0 Å². The van der Waals surface area contributed by atoms with Crippen LogP contribution in [-0.2, 0) is 0 Å². The van der Waals surface area contributed by atoms with Crippen LogP contribution in [0.1, 0.15) is 26.2 Å². The van der Waals surface area contributed by atoms with Gasteiger partial charge in [0.2, 0.25) is 0 Å². The monoisotopic (exact) mass is 230 g/mol. The molecule has 2 aromatic rings. The van der Waals surface area contributed by atoms with E-state index in [-0.39, 0.29) is 0 Å². The number of anilines is 1. The first-order chi connectivity index (χ1) is 8.40. The SMILES string of the molecule is CCCCCNc1ccc(-n2nccn2)cc1. The molecular formula is C13H18N4. The van der Waals surface area contributed by atoms with Gasteiger partial charge in [-0.25, -0.2) is 0 Å².